The lowest BCUT2D eigenvalue weighted by molar-refractivity contribution is 0.815. The summed E-state index contributed by atoms with van der Waals surface area (Å²) in [4.78, 5) is 4.47. The summed E-state index contributed by atoms with van der Waals surface area (Å²) in [6, 6.07) is 4.02. The van der Waals surface area contributed by atoms with Gasteiger partial charge >= 0.3 is 0 Å². The van der Waals surface area contributed by atoms with Crippen molar-refractivity contribution >= 4 is 17.2 Å². The summed E-state index contributed by atoms with van der Waals surface area (Å²) >= 11 is 6.18. The first-order chi connectivity index (χ1) is 7.61. The highest BCUT2D eigenvalue weighted by molar-refractivity contribution is 6.29. The zero-order chi connectivity index (χ0) is 11.7. The summed E-state index contributed by atoms with van der Waals surface area (Å²) in [5.74, 6) is 1.32. The van der Waals surface area contributed by atoms with Gasteiger partial charge in [-0.15, -0.1) is 5.10 Å². The van der Waals surface area contributed by atoms with Gasteiger partial charge in [-0.05, 0) is 30.0 Å². The molecule has 2 aromatic rings. The quantitative estimate of drug-likeness (QED) is 0.766. The summed E-state index contributed by atoms with van der Waals surface area (Å²) in [7, 11) is 0. The minimum absolute atomic E-state index is 0.453. The molecule has 2 rings (SSSR count). The Morgan fingerprint density at radius 1 is 1.38 bits per heavy atom. The van der Waals surface area contributed by atoms with Crippen molar-refractivity contribution in [2.24, 2.45) is 0 Å². The Hall–Kier alpha value is -1.09. The molecular formula is C12H16ClN3. The number of aryl methyl sites for hydroxylation is 1. The number of fused-ring (bicyclic) bond motifs is 1. The molecule has 2 heterocycles. The van der Waals surface area contributed by atoms with Gasteiger partial charge in [-0.2, -0.15) is 0 Å². The maximum absolute atomic E-state index is 6.18. The van der Waals surface area contributed by atoms with Crippen molar-refractivity contribution in [3.8, 4) is 0 Å². The lowest BCUT2D eigenvalue weighted by Crippen LogP contribution is -1.95. The van der Waals surface area contributed by atoms with E-state index in [2.05, 4.69) is 36.9 Å². The summed E-state index contributed by atoms with van der Waals surface area (Å²) < 4.78 is 1.71. The third-order valence-electron chi connectivity index (χ3n) is 2.60. The monoisotopic (exact) mass is 237 g/mol. The number of rotatable bonds is 3. The zero-order valence-electron chi connectivity index (χ0n) is 9.87. The van der Waals surface area contributed by atoms with E-state index < -0.39 is 0 Å². The van der Waals surface area contributed by atoms with E-state index in [4.69, 9.17) is 11.6 Å². The molecule has 0 aliphatic heterocycles. The van der Waals surface area contributed by atoms with Crippen LogP contribution in [-0.2, 0) is 6.42 Å². The van der Waals surface area contributed by atoms with E-state index in [1.54, 1.807) is 4.52 Å². The fraction of sp³-hybridized carbons (Fsp3) is 0.500. The minimum Gasteiger partial charge on any atom is -0.212 e. The fourth-order valence-electron chi connectivity index (χ4n) is 1.67. The van der Waals surface area contributed by atoms with Gasteiger partial charge < -0.3 is 0 Å². The molecule has 0 aliphatic carbocycles. The van der Waals surface area contributed by atoms with Crippen molar-refractivity contribution in [3.05, 3.63) is 28.7 Å². The maximum Gasteiger partial charge on any atom is 0.157 e. The molecule has 0 saturated carbocycles. The second-order valence-electron chi connectivity index (χ2n) is 4.31. The maximum atomic E-state index is 6.18. The van der Waals surface area contributed by atoms with Gasteiger partial charge in [0.25, 0.3) is 0 Å². The molecule has 86 valence electrons. The largest absolute Gasteiger partial charge is 0.212 e. The van der Waals surface area contributed by atoms with Gasteiger partial charge in [0.1, 0.15) is 5.15 Å². The van der Waals surface area contributed by atoms with Gasteiger partial charge in [-0.25, -0.2) is 9.50 Å². The molecule has 4 heteroatoms. The van der Waals surface area contributed by atoms with Gasteiger partial charge in [0.2, 0.25) is 0 Å². The van der Waals surface area contributed by atoms with Crippen molar-refractivity contribution in [2.45, 2.75) is 39.5 Å². The molecule has 0 bridgehead atoms. The van der Waals surface area contributed by atoms with E-state index in [9.17, 15) is 0 Å². The van der Waals surface area contributed by atoms with E-state index in [-0.39, 0.29) is 0 Å². The van der Waals surface area contributed by atoms with Crippen LogP contribution in [-0.4, -0.2) is 14.6 Å². The molecule has 0 amide bonds. The van der Waals surface area contributed by atoms with Crippen LogP contribution in [0.2, 0.25) is 5.15 Å². The Kier molecular flexibility index (Phi) is 3.15. The second-order valence-corrected chi connectivity index (χ2v) is 4.70. The average molecular weight is 238 g/mol. The highest BCUT2D eigenvalue weighted by Crippen LogP contribution is 2.21. The van der Waals surface area contributed by atoms with Crippen molar-refractivity contribution in [3.63, 3.8) is 0 Å². The fourth-order valence-corrected chi connectivity index (χ4v) is 1.92. The number of hydrogen-bond donors (Lipinski definition) is 0. The lowest BCUT2D eigenvalue weighted by atomic mass is 10.1. The van der Waals surface area contributed by atoms with Gasteiger partial charge in [0.15, 0.2) is 11.5 Å². The standard InChI is InChI=1S/C12H16ClN3/c1-4-5-11-14-12-7-9(8(2)3)6-10(13)16(12)15-11/h6-8H,4-5H2,1-3H3. The Labute approximate surface area is 100 Å². The van der Waals surface area contributed by atoms with Gasteiger partial charge in [0, 0.05) is 6.42 Å². The van der Waals surface area contributed by atoms with E-state index in [0.29, 0.717) is 11.1 Å². The summed E-state index contributed by atoms with van der Waals surface area (Å²) in [5, 5.41) is 5.01. The van der Waals surface area contributed by atoms with Crippen LogP contribution in [0.5, 0.6) is 0 Å². The molecule has 2 aromatic heterocycles. The molecule has 0 N–H and O–H groups in total. The predicted octanol–water partition coefficient (Wildman–Crippen LogP) is 3.46. The van der Waals surface area contributed by atoms with Crippen LogP contribution >= 0.6 is 11.6 Å². The van der Waals surface area contributed by atoms with Gasteiger partial charge in [-0.1, -0.05) is 32.4 Å². The van der Waals surface area contributed by atoms with Crippen molar-refractivity contribution in [1.82, 2.24) is 14.6 Å². The molecule has 0 saturated heterocycles. The number of aromatic nitrogens is 3. The Balaban J connectivity index is 2.54. The van der Waals surface area contributed by atoms with Crippen molar-refractivity contribution < 1.29 is 0 Å². The molecule has 0 aliphatic rings. The molecule has 16 heavy (non-hydrogen) atoms. The van der Waals surface area contributed by atoms with Crippen LogP contribution in [0.25, 0.3) is 5.65 Å². The summed E-state index contributed by atoms with van der Waals surface area (Å²) in [5.41, 5.74) is 2.05. The number of halogens is 1. The predicted molar refractivity (Wildman–Crippen MR) is 66.1 cm³/mol. The van der Waals surface area contributed by atoms with Gasteiger partial charge in [0.05, 0.1) is 0 Å². The number of pyridine rings is 1. The summed E-state index contributed by atoms with van der Waals surface area (Å²) in [6.45, 7) is 6.41. The highest BCUT2D eigenvalue weighted by atomic mass is 35.5. The van der Waals surface area contributed by atoms with Crippen LogP contribution in [0.15, 0.2) is 12.1 Å². The minimum atomic E-state index is 0.453. The van der Waals surface area contributed by atoms with E-state index >= 15 is 0 Å². The first-order valence-electron chi connectivity index (χ1n) is 5.67. The Morgan fingerprint density at radius 3 is 2.75 bits per heavy atom. The topological polar surface area (TPSA) is 30.2 Å². The first kappa shape index (κ1) is 11.4. The van der Waals surface area contributed by atoms with Crippen LogP contribution < -0.4 is 0 Å². The van der Waals surface area contributed by atoms with E-state index in [1.807, 2.05) is 6.07 Å². The van der Waals surface area contributed by atoms with Gasteiger partial charge in [-0.3, -0.25) is 0 Å². The third-order valence-corrected chi connectivity index (χ3v) is 2.87. The molecular weight excluding hydrogens is 222 g/mol. The molecule has 0 aromatic carbocycles. The third kappa shape index (κ3) is 2.05. The molecule has 0 radical (unpaired) electrons. The molecule has 3 nitrogen and oxygen atoms in total. The molecule has 0 atom stereocenters. The van der Waals surface area contributed by atoms with E-state index in [0.717, 1.165) is 24.3 Å². The van der Waals surface area contributed by atoms with Crippen LogP contribution in [0.3, 0.4) is 0 Å². The normalized spacial score (nSPS) is 11.6. The zero-order valence-corrected chi connectivity index (χ0v) is 10.6. The Morgan fingerprint density at radius 2 is 2.12 bits per heavy atom. The average Bonchev–Trinajstić information content (AvgIpc) is 2.61. The van der Waals surface area contributed by atoms with Crippen LogP contribution in [0.4, 0.5) is 0 Å². The second kappa shape index (κ2) is 4.42. The number of hydrogen-bond acceptors (Lipinski definition) is 2. The molecule has 0 fully saturated rings. The van der Waals surface area contributed by atoms with E-state index in [1.165, 1.54) is 5.56 Å². The summed E-state index contributed by atoms with van der Waals surface area (Å²) in [6.07, 6.45) is 1.94. The molecule has 0 unspecified atom stereocenters. The van der Waals surface area contributed by atoms with Crippen molar-refractivity contribution in [1.29, 1.82) is 0 Å². The lowest BCUT2D eigenvalue weighted by Gasteiger charge is -2.05. The SMILES string of the molecule is CCCc1nc2cc(C(C)C)cc(Cl)n2n1. The van der Waals surface area contributed by atoms with Crippen LogP contribution in [0.1, 0.15) is 44.5 Å². The van der Waals surface area contributed by atoms with Crippen LogP contribution in [0, 0.1) is 0 Å². The molecule has 0 spiro atoms. The smallest absolute Gasteiger partial charge is 0.157 e. The van der Waals surface area contributed by atoms with Crippen molar-refractivity contribution in [2.75, 3.05) is 0 Å². The Bertz CT molecular complexity index is 502. The first-order valence-corrected chi connectivity index (χ1v) is 6.04. The highest BCUT2D eigenvalue weighted by Gasteiger charge is 2.09. The number of nitrogens with zero attached hydrogens (tertiary/aromatic N) is 3.